The van der Waals surface area contributed by atoms with Gasteiger partial charge < -0.3 is 10.2 Å². The van der Waals surface area contributed by atoms with E-state index in [1.165, 1.54) is 5.56 Å². The van der Waals surface area contributed by atoms with Crippen molar-refractivity contribution in [1.29, 1.82) is 0 Å². The van der Waals surface area contributed by atoms with Gasteiger partial charge in [-0.2, -0.15) is 0 Å². The van der Waals surface area contributed by atoms with E-state index in [0.29, 0.717) is 13.1 Å². The lowest BCUT2D eigenvalue weighted by molar-refractivity contribution is -0.140. The Hall–Kier alpha value is -2.14. The number of nitrogens with zero attached hydrogens (tertiary/aromatic N) is 1. The van der Waals surface area contributed by atoms with Crippen LogP contribution in [-0.4, -0.2) is 29.3 Å². The molecule has 27 heavy (non-hydrogen) atoms. The van der Waals surface area contributed by atoms with Crippen molar-refractivity contribution in [3.05, 3.63) is 69.2 Å². The number of carbonyl (C=O) groups is 2. The first-order valence-electron chi connectivity index (χ1n) is 9.19. The van der Waals surface area contributed by atoms with Crippen LogP contribution in [0, 0.1) is 13.8 Å². The number of likely N-dealkylation sites (N-methyl/N-ethyl adjacent to an activating group) is 1. The van der Waals surface area contributed by atoms with Gasteiger partial charge in [-0.05, 0) is 62.1 Å². The molecular formula is C22H27BrN2O2. The summed E-state index contributed by atoms with van der Waals surface area (Å²) in [6, 6.07) is 13.3. The van der Waals surface area contributed by atoms with Crippen molar-refractivity contribution in [2.75, 3.05) is 6.54 Å². The SMILES string of the molecule is CCNC(=O)[C@@H](C)N(Cc1ccc(Br)cc1)C(=O)Cc1ccc(C)c(C)c1. The monoisotopic (exact) mass is 430 g/mol. The summed E-state index contributed by atoms with van der Waals surface area (Å²) in [5.41, 5.74) is 4.32. The molecule has 1 N–H and O–H groups in total. The standard InChI is InChI=1S/C22H27BrN2O2/c1-5-24-22(27)17(4)25(14-18-8-10-20(23)11-9-18)21(26)13-19-7-6-15(2)16(3)12-19/h6-12,17H,5,13-14H2,1-4H3,(H,24,27)/t17-/m1/s1. The Morgan fingerprint density at radius 3 is 2.26 bits per heavy atom. The summed E-state index contributed by atoms with van der Waals surface area (Å²) in [5, 5.41) is 2.82. The van der Waals surface area contributed by atoms with Gasteiger partial charge in [-0.25, -0.2) is 0 Å². The van der Waals surface area contributed by atoms with Crippen LogP contribution in [0.3, 0.4) is 0 Å². The summed E-state index contributed by atoms with van der Waals surface area (Å²) in [6.45, 7) is 8.69. The molecule has 1 atom stereocenters. The highest BCUT2D eigenvalue weighted by Gasteiger charge is 2.25. The minimum atomic E-state index is -0.535. The number of amides is 2. The molecule has 0 saturated carbocycles. The molecule has 0 aliphatic carbocycles. The molecule has 144 valence electrons. The average molecular weight is 431 g/mol. The molecule has 0 unspecified atom stereocenters. The van der Waals surface area contributed by atoms with Crippen LogP contribution < -0.4 is 5.32 Å². The van der Waals surface area contributed by atoms with Gasteiger partial charge in [0.25, 0.3) is 0 Å². The Kier molecular flexibility index (Phi) is 7.60. The van der Waals surface area contributed by atoms with E-state index < -0.39 is 6.04 Å². The van der Waals surface area contributed by atoms with Gasteiger partial charge in [0, 0.05) is 17.6 Å². The van der Waals surface area contributed by atoms with Gasteiger partial charge in [0.1, 0.15) is 6.04 Å². The van der Waals surface area contributed by atoms with E-state index >= 15 is 0 Å². The summed E-state index contributed by atoms with van der Waals surface area (Å²) in [5.74, 6) is -0.192. The normalized spacial score (nSPS) is 11.7. The van der Waals surface area contributed by atoms with Crippen LogP contribution in [0.15, 0.2) is 46.9 Å². The van der Waals surface area contributed by atoms with Gasteiger partial charge in [0.15, 0.2) is 0 Å². The Morgan fingerprint density at radius 2 is 1.67 bits per heavy atom. The fourth-order valence-electron chi connectivity index (χ4n) is 2.88. The number of nitrogens with one attached hydrogen (secondary N) is 1. The molecule has 0 radical (unpaired) electrons. The first kappa shape index (κ1) is 21.2. The maximum Gasteiger partial charge on any atom is 0.242 e. The van der Waals surface area contributed by atoms with Crippen LogP contribution in [0.1, 0.15) is 36.1 Å². The van der Waals surface area contributed by atoms with E-state index in [0.717, 1.165) is 21.2 Å². The quantitative estimate of drug-likeness (QED) is 0.716. The third-order valence-corrected chi connectivity index (χ3v) is 5.24. The van der Waals surface area contributed by atoms with Gasteiger partial charge in [-0.1, -0.05) is 46.3 Å². The topological polar surface area (TPSA) is 49.4 Å². The largest absolute Gasteiger partial charge is 0.355 e. The van der Waals surface area contributed by atoms with E-state index in [-0.39, 0.29) is 18.2 Å². The molecule has 2 rings (SSSR count). The van der Waals surface area contributed by atoms with Crippen molar-refractivity contribution in [3.8, 4) is 0 Å². The molecule has 5 heteroatoms. The Morgan fingerprint density at radius 1 is 1.04 bits per heavy atom. The molecule has 0 aromatic heterocycles. The molecule has 0 fully saturated rings. The minimum absolute atomic E-state index is 0.0556. The van der Waals surface area contributed by atoms with Crippen LogP contribution in [-0.2, 0) is 22.6 Å². The average Bonchev–Trinajstić information content (AvgIpc) is 2.64. The predicted molar refractivity (Wildman–Crippen MR) is 112 cm³/mol. The molecule has 0 spiro atoms. The van der Waals surface area contributed by atoms with Gasteiger partial charge in [-0.15, -0.1) is 0 Å². The molecule has 2 amide bonds. The third-order valence-electron chi connectivity index (χ3n) is 4.71. The molecule has 0 bridgehead atoms. The number of hydrogen-bond donors (Lipinski definition) is 1. The number of halogens is 1. The fourth-order valence-corrected chi connectivity index (χ4v) is 3.15. The second kappa shape index (κ2) is 9.70. The Bertz CT molecular complexity index is 802. The van der Waals surface area contributed by atoms with Crippen molar-refractivity contribution in [2.45, 2.75) is 46.7 Å². The summed E-state index contributed by atoms with van der Waals surface area (Å²) in [6.07, 6.45) is 0.279. The number of carbonyl (C=O) groups excluding carboxylic acids is 2. The van der Waals surface area contributed by atoms with Crippen molar-refractivity contribution >= 4 is 27.7 Å². The van der Waals surface area contributed by atoms with E-state index in [1.807, 2.05) is 56.3 Å². The lowest BCUT2D eigenvalue weighted by Gasteiger charge is -2.29. The summed E-state index contributed by atoms with van der Waals surface area (Å²) >= 11 is 3.43. The molecule has 2 aromatic carbocycles. The second-order valence-corrected chi connectivity index (χ2v) is 7.73. The van der Waals surface area contributed by atoms with E-state index in [1.54, 1.807) is 11.8 Å². The van der Waals surface area contributed by atoms with Crippen LogP contribution >= 0.6 is 15.9 Å². The number of aryl methyl sites for hydroxylation is 2. The lowest BCUT2D eigenvalue weighted by Crippen LogP contribution is -2.48. The number of rotatable bonds is 7. The summed E-state index contributed by atoms with van der Waals surface area (Å²) in [4.78, 5) is 27.1. The van der Waals surface area contributed by atoms with Crippen LogP contribution in [0.5, 0.6) is 0 Å². The molecular weight excluding hydrogens is 404 g/mol. The zero-order chi connectivity index (χ0) is 20.0. The summed E-state index contributed by atoms with van der Waals surface area (Å²) < 4.78 is 0.982. The van der Waals surface area contributed by atoms with Crippen LogP contribution in [0.25, 0.3) is 0 Å². The van der Waals surface area contributed by atoms with Gasteiger partial charge in [0.2, 0.25) is 11.8 Å². The van der Waals surface area contributed by atoms with Crippen molar-refractivity contribution in [2.24, 2.45) is 0 Å². The molecule has 0 heterocycles. The molecule has 0 saturated heterocycles. The van der Waals surface area contributed by atoms with Crippen LogP contribution in [0.2, 0.25) is 0 Å². The molecule has 0 aliphatic rings. The van der Waals surface area contributed by atoms with Crippen LogP contribution in [0.4, 0.5) is 0 Å². The van der Waals surface area contributed by atoms with Gasteiger partial charge in [0.05, 0.1) is 6.42 Å². The zero-order valence-electron chi connectivity index (χ0n) is 16.4. The zero-order valence-corrected chi connectivity index (χ0v) is 18.0. The smallest absolute Gasteiger partial charge is 0.242 e. The maximum atomic E-state index is 13.1. The van der Waals surface area contributed by atoms with E-state index in [4.69, 9.17) is 0 Å². The first-order valence-corrected chi connectivity index (χ1v) is 9.99. The highest BCUT2D eigenvalue weighted by molar-refractivity contribution is 9.10. The van der Waals surface area contributed by atoms with Crippen molar-refractivity contribution in [1.82, 2.24) is 10.2 Å². The lowest BCUT2D eigenvalue weighted by atomic mass is 10.0. The maximum absolute atomic E-state index is 13.1. The van der Waals surface area contributed by atoms with Gasteiger partial charge >= 0.3 is 0 Å². The van der Waals surface area contributed by atoms with Crippen molar-refractivity contribution < 1.29 is 9.59 Å². The molecule has 0 aliphatic heterocycles. The highest BCUT2D eigenvalue weighted by atomic mass is 79.9. The molecule has 4 nitrogen and oxygen atoms in total. The first-order chi connectivity index (χ1) is 12.8. The van der Waals surface area contributed by atoms with Crippen molar-refractivity contribution in [3.63, 3.8) is 0 Å². The highest BCUT2D eigenvalue weighted by Crippen LogP contribution is 2.17. The van der Waals surface area contributed by atoms with Gasteiger partial charge in [-0.3, -0.25) is 9.59 Å². The summed E-state index contributed by atoms with van der Waals surface area (Å²) in [7, 11) is 0. The molecule has 2 aromatic rings. The minimum Gasteiger partial charge on any atom is -0.355 e. The predicted octanol–water partition coefficient (Wildman–Crippen LogP) is 4.16. The number of benzene rings is 2. The third kappa shape index (κ3) is 5.93. The second-order valence-electron chi connectivity index (χ2n) is 6.81. The van der Waals surface area contributed by atoms with E-state index in [9.17, 15) is 9.59 Å². The van der Waals surface area contributed by atoms with E-state index in [2.05, 4.69) is 28.2 Å². The fraction of sp³-hybridized carbons (Fsp3) is 0.364. The number of hydrogen-bond acceptors (Lipinski definition) is 2. The Labute approximate surface area is 170 Å². The Balaban J connectivity index is 2.23.